The molecule has 1 aromatic heterocycles. The number of carbonyl (C=O) groups excluding carboxylic acids is 3. The number of carbonyl (C=O) groups is 3. The predicted octanol–water partition coefficient (Wildman–Crippen LogP) is 5.16. The molecule has 0 saturated carbocycles. The fourth-order valence-electron chi connectivity index (χ4n) is 4.67. The lowest BCUT2D eigenvalue weighted by atomic mass is 9.92. The van der Waals surface area contributed by atoms with Gasteiger partial charge < -0.3 is 30.3 Å². The van der Waals surface area contributed by atoms with Gasteiger partial charge in [0.25, 0.3) is 0 Å². The number of aliphatic hydroxyl groups excluding tert-OH is 2. The summed E-state index contributed by atoms with van der Waals surface area (Å²) in [5.74, 6) is -0.654. The summed E-state index contributed by atoms with van der Waals surface area (Å²) in [7, 11) is 0. The van der Waals surface area contributed by atoms with Gasteiger partial charge >= 0.3 is 12.2 Å². The van der Waals surface area contributed by atoms with Crippen molar-refractivity contribution < 1.29 is 34.1 Å². The average molecular weight is 590 g/mol. The molecule has 0 aliphatic heterocycles. The van der Waals surface area contributed by atoms with Crippen LogP contribution < -0.4 is 10.6 Å². The van der Waals surface area contributed by atoms with Crippen molar-refractivity contribution in [3.8, 4) is 0 Å². The van der Waals surface area contributed by atoms with Crippen molar-refractivity contribution in [1.82, 2.24) is 15.2 Å². The smallest absolute Gasteiger partial charge is 0.419 e. The van der Waals surface area contributed by atoms with Crippen LogP contribution in [0.5, 0.6) is 0 Å². The van der Waals surface area contributed by atoms with Crippen molar-refractivity contribution in [2.75, 3.05) is 0 Å². The molecule has 10 heteroatoms. The Morgan fingerprint density at radius 3 is 2.07 bits per heavy atom. The Balaban J connectivity index is 2.47. The minimum Gasteiger partial charge on any atom is -0.444 e. The fourth-order valence-corrected chi connectivity index (χ4v) is 4.67. The van der Waals surface area contributed by atoms with E-state index in [0.717, 1.165) is 5.39 Å². The maximum absolute atomic E-state index is 13.7. The third-order valence-electron chi connectivity index (χ3n) is 6.84. The van der Waals surface area contributed by atoms with Gasteiger partial charge in [-0.05, 0) is 77.8 Å². The maximum Gasteiger partial charge on any atom is 0.419 e. The highest BCUT2D eigenvalue weighted by Crippen LogP contribution is 2.26. The molecule has 0 spiro atoms. The van der Waals surface area contributed by atoms with Crippen LogP contribution in [-0.2, 0) is 20.7 Å². The number of amides is 2. The standard InChI is InChI=1S/C32H51N3O7/c1-11-20(4)26(34-29(39)41-31(5,6)7)28(38)33-23(27(37)25(36)16-19(2)3)17-21-18-35(30(40)42-32(8,9)10)24-15-13-12-14-22(21)24/h12-15,18-20,23,25-27,36-37H,11,16-17H2,1-10H3,(H,33,38)(H,34,39)/t20-,23-,25-,26-,27+/m0/s1. The minimum absolute atomic E-state index is 0.0989. The van der Waals surface area contributed by atoms with E-state index in [9.17, 15) is 24.6 Å². The van der Waals surface area contributed by atoms with Crippen molar-refractivity contribution in [3.63, 3.8) is 0 Å². The number of fused-ring (bicyclic) bond motifs is 1. The Labute approximate surface area is 250 Å². The molecule has 236 valence electrons. The Hall–Kier alpha value is -3.11. The molecule has 1 heterocycles. The van der Waals surface area contributed by atoms with Crippen LogP contribution in [0.2, 0.25) is 0 Å². The first-order valence-electron chi connectivity index (χ1n) is 14.8. The van der Waals surface area contributed by atoms with Crippen molar-refractivity contribution in [2.24, 2.45) is 11.8 Å². The summed E-state index contributed by atoms with van der Waals surface area (Å²) in [6, 6.07) is 5.43. The van der Waals surface area contributed by atoms with E-state index in [4.69, 9.17) is 9.47 Å². The number of hydrogen-bond acceptors (Lipinski definition) is 7. The molecule has 0 bridgehead atoms. The molecule has 0 fully saturated rings. The summed E-state index contributed by atoms with van der Waals surface area (Å²) in [4.78, 5) is 39.3. The number of para-hydroxylation sites is 1. The van der Waals surface area contributed by atoms with E-state index in [2.05, 4.69) is 10.6 Å². The normalized spacial score (nSPS) is 15.9. The number of benzene rings is 1. The zero-order valence-corrected chi connectivity index (χ0v) is 26.9. The first kappa shape index (κ1) is 35.1. The summed E-state index contributed by atoms with van der Waals surface area (Å²) in [6.45, 7) is 18.2. The molecule has 10 nitrogen and oxygen atoms in total. The van der Waals surface area contributed by atoms with Gasteiger partial charge in [-0.1, -0.05) is 52.3 Å². The molecule has 0 aliphatic rings. The number of ether oxygens (including phenoxy) is 2. The molecule has 0 unspecified atom stereocenters. The molecule has 5 atom stereocenters. The van der Waals surface area contributed by atoms with Gasteiger partial charge in [-0.2, -0.15) is 0 Å². The average Bonchev–Trinajstić information content (AvgIpc) is 3.22. The number of nitrogens with one attached hydrogen (secondary N) is 2. The van der Waals surface area contributed by atoms with Crippen molar-refractivity contribution in [2.45, 2.75) is 124 Å². The maximum atomic E-state index is 13.7. The molecule has 0 aliphatic carbocycles. The van der Waals surface area contributed by atoms with E-state index in [-0.39, 0.29) is 18.3 Å². The summed E-state index contributed by atoms with van der Waals surface area (Å²) >= 11 is 0. The Kier molecular flexibility index (Phi) is 12.0. The molecule has 0 saturated heterocycles. The van der Waals surface area contributed by atoms with Gasteiger partial charge in [-0.15, -0.1) is 0 Å². The molecule has 1 aromatic carbocycles. The fraction of sp³-hybridized carbons (Fsp3) is 0.656. The Morgan fingerprint density at radius 1 is 0.929 bits per heavy atom. The second-order valence-corrected chi connectivity index (χ2v) is 13.5. The largest absolute Gasteiger partial charge is 0.444 e. The van der Waals surface area contributed by atoms with Gasteiger partial charge in [0.15, 0.2) is 0 Å². The van der Waals surface area contributed by atoms with Gasteiger partial charge in [-0.3, -0.25) is 9.36 Å². The molecule has 42 heavy (non-hydrogen) atoms. The van der Waals surface area contributed by atoms with E-state index >= 15 is 0 Å². The van der Waals surface area contributed by atoms with Crippen LogP contribution in [0.1, 0.15) is 87.6 Å². The number of rotatable bonds is 11. The highest BCUT2D eigenvalue weighted by molar-refractivity contribution is 5.92. The quantitative estimate of drug-likeness (QED) is 0.284. The van der Waals surface area contributed by atoms with Crippen LogP contribution in [0, 0.1) is 11.8 Å². The number of nitrogens with zero attached hydrogens (tertiary/aromatic N) is 1. The van der Waals surface area contributed by atoms with Gasteiger partial charge in [0.1, 0.15) is 23.3 Å². The van der Waals surface area contributed by atoms with Crippen molar-refractivity contribution in [1.29, 1.82) is 0 Å². The van der Waals surface area contributed by atoms with Crippen LogP contribution in [-0.4, -0.2) is 68.4 Å². The lowest BCUT2D eigenvalue weighted by Crippen LogP contribution is -2.57. The summed E-state index contributed by atoms with van der Waals surface area (Å²) in [5.41, 5.74) is -0.156. The predicted molar refractivity (Wildman–Crippen MR) is 163 cm³/mol. The second-order valence-electron chi connectivity index (χ2n) is 13.5. The molecule has 0 radical (unpaired) electrons. The van der Waals surface area contributed by atoms with E-state index in [0.29, 0.717) is 23.9 Å². The van der Waals surface area contributed by atoms with Gasteiger partial charge in [0, 0.05) is 11.6 Å². The van der Waals surface area contributed by atoms with E-state index in [1.54, 1.807) is 53.8 Å². The highest BCUT2D eigenvalue weighted by Gasteiger charge is 2.34. The summed E-state index contributed by atoms with van der Waals surface area (Å²) < 4.78 is 12.4. The third kappa shape index (κ3) is 10.3. The van der Waals surface area contributed by atoms with Crippen molar-refractivity contribution in [3.05, 3.63) is 36.0 Å². The van der Waals surface area contributed by atoms with Gasteiger partial charge in [0.05, 0.1) is 17.7 Å². The number of hydrogen-bond donors (Lipinski definition) is 4. The number of aliphatic hydroxyl groups is 2. The summed E-state index contributed by atoms with van der Waals surface area (Å²) in [6.07, 6.45) is -1.04. The molecule has 4 N–H and O–H groups in total. The Morgan fingerprint density at radius 2 is 1.52 bits per heavy atom. The van der Waals surface area contributed by atoms with Gasteiger partial charge in [0.2, 0.25) is 5.91 Å². The van der Waals surface area contributed by atoms with E-state index in [1.807, 2.05) is 45.9 Å². The second kappa shape index (κ2) is 14.4. The molecular weight excluding hydrogens is 538 g/mol. The zero-order chi connectivity index (χ0) is 32.0. The van der Waals surface area contributed by atoms with Crippen LogP contribution >= 0.6 is 0 Å². The molecule has 2 aromatic rings. The monoisotopic (exact) mass is 589 g/mol. The third-order valence-corrected chi connectivity index (χ3v) is 6.84. The molecule has 2 amide bonds. The minimum atomic E-state index is -1.32. The van der Waals surface area contributed by atoms with Crippen molar-refractivity contribution >= 4 is 29.0 Å². The van der Waals surface area contributed by atoms with Crippen LogP contribution in [0.3, 0.4) is 0 Å². The lowest BCUT2D eigenvalue weighted by molar-refractivity contribution is -0.126. The molecular formula is C32H51N3O7. The van der Waals surface area contributed by atoms with Crippen LogP contribution in [0.4, 0.5) is 9.59 Å². The number of alkyl carbamates (subject to hydrolysis) is 1. The van der Waals surface area contributed by atoms with Crippen LogP contribution in [0.15, 0.2) is 30.5 Å². The SMILES string of the molecule is CC[C@H](C)[C@H](NC(=O)OC(C)(C)C)C(=O)N[C@@H](Cc1cn(C(=O)OC(C)(C)C)c2ccccc12)[C@@H](O)[C@@H](O)CC(C)C. The van der Waals surface area contributed by atoms with E-state index in [1.165, 1.54) is 4.57 Å². The van der Waals surface area contributed by atoms with E-state index < -0.39 is 53.6 Å². The lowest BCUT2D eigenvalue weighted by Gasteiger charge is -2.32. The topological polar surface area (TPSA) is 139 Å². The zero-order valence-electron chi connectivity index (χ0n) is 26.9. The van der Waals surface area contributed by atoms with Crippen LogP contribution in [0.25, 0.3) is 10.9 Å². The highest BCUT2D eigenvalue weighted by atomic mass is 16.6. The van der Waals surface area contributed by atoms with Gasteiger partial charge in [-0.25, -0.2) is 9.59 Å². The first-order chi connectivity index (χ1) is 19.3. The molecule has 2 rings (SSSR count). The number of aromatic nitrogens is 1. The summed E-state index contributed by atoms with van der Waals surface area (Å²) in [5, 5.41) is 28.5. The Bertz CT molecular complexity index is 1210. The first-order valence-corrected chi connectivity index (χ1v) is 14.8.